The predicted molar refractivity (Wildman–Crippen MR) is 124 cm³/mol. The molecule has 1 fully saturated rings. The normalized spacial score (nSPS) is 19.0. The Morgan fingerprint density at radius 3 is 2.26 bits per heavy atom. The number of aromatic nitrogens is 4. The fourth-order valence-corrected chi connectivity index (χ4v) is 4.18. The molecule has 172 valence electrons. The zero-order valence-corrected chi connectivity index (χ0v) is 18.3. The highest BCUT2D eigenvalue weighted by molar-refractivity contribution is 5.89. The number of nitrogens with two attached hydrogens (primary N) is 1. The van der Waals surface area contributed by atoms with Crippen molar-refractivity contribution >= 4 is 28.9 Å². The molecule has 4 aromatic rings. The van der Waals surface area contributed by atoms with E-state index in [4.69, 9.17) is 15.2 Å². The number of hydrogen-bond donors (Lipinski definition) is 1. The van der Waals surface area contributed by atoms with Gasteiger partial charge in [-0.3, -0.25) is 0 Å². The molecule has 2 aromatic heterocycles. The van der Waals surface area contributed by atoms with Crippen LogP contribution in [-0.4, -0.2) is 44.7 Å². The second-order valence-corrected chi connectivity index (χ2v) is 8.47. The first-order valence-electron chi connectivity index (χ1n) is 10.9. The number of fused-ring (bicyclic) bond motifs is 1. The lowest BCUT2D eigenvalue weighted by Crippen LogP contribution is -2.24. The molecule has 2 N–H and O–H groups in total. The standard InChI is InChI=1S/C25H23N5O4/c26-21-20-22(28-15-27-21)29-16-30(20)13-25(14-34-24(32)18-9-5-2-6-10-18)11-19(25)12-33-23(31)17-7-3-1-4-8-17/h1-10,15-16,19H,11-14H2,(H2,26,27,28). The molecule has 2 heterocycles. The SMILES string of the molecule is Nc1ncnc2ncn(CC3(COC(=O)c4ccccc4)CC3COC(=O)c3ccccc3)c12. The Balaban J connectivity index is 1.33. The van der Waals surface area contributed by atoms with Gasteiger partial charge in [0.25, 0.3) is 0 Å². The monoisotopic (exact) mass is 457 g/mol. The van der Waals surface area contributed by atoms with Gasteiger partial charge < -0.3 is 19.8 Å². The number of benzene rings is 2. The minimum absolute atomic E-state index is 0.00652. The number of carbonyl (C=O) groups is 2. The maximum absolute atomic E-state index is 12.6. The van der Waals surface area contributed by atoms with Crippen LogP contribution < -0.4 is 5.73 Å². The van der Waals surface area contributed by atoms with Crippen molar-refractivity contribution in [3.05, 3.63) is 84.4 Å². The van der Waals surface area contributed by atoms with Gasteiger partial charge in [0.15, 0.2) is 11.5 Å². The molecule has 0 amide bonds. The molecular weight excluding hydrogens is 434 g/mol. The van der Waals surface area contributed by atoms with Gasteiger partial charge in [-0.25, -0.2) is 24.5 Å². The van der Waals surface area contributed by atoms with Crippen LogP contribution in [0.3, 0.4) is 0 Å². The van der Waals surface area contributed by atoms with Crippen LogP contribution in [0.15, 0.2) is 73.3 Å². The topological polar surface area (TPSA) is 122 Å². The summed E-state index contributed by atoms with van der Waals surface area (Å²) in [6.07, 6.45) is 3.74. The number of anilines is 1. The van der Waals surface area contributed by atoms with Gasteiger partial charge in [0, 0.05) is 17.9 Å². The number of carbonyl (C=O) groups excluding carboxylic acids is 2. The van der Waals surface area contributed by atoms with Crippen molar-refractivity contribution in [3.63, 3.8) is 0 Å². The smallest absolute Gasteiger partial charge is 0.338 e. The minimum Gasteiger partial charge on any atom is -0.462 e. The Labute approximate surface area is 195 Å². The van der Waals surface area contributed by atoms with Gasteiger partial charge in [0.05, 0.1) is 30.7 Å². The van der Waals surface area contributed by atoms with Gasteiger partial charge >= 0.3 is 11.9 Å². The summed E-state index contributed by atoms with van der Waals surface area (Å²) >= 11 is 0. The van der Waals surface area contributed by atoms with Crippen LogP contribution in [0, 0.1) is 11.3 Å². The molecule has 0 bridgehead atoms. The summed E-state index contributed by atoms with van der Waals surface area (Å²) in [6, 6.07) is 17.7. The number of rotatable bonds is 8. The first-order chi connectivity index (χ1) is 16.6. The lowest BCUT2D eigenvalue weighted by molar-refractivity contribution is 0.0317. The molecule has 0 radical (unpaired) electrons. The number of hydrogen-bond acceptors (Lipinski definition) is 8. The van der Waals surface area contributed by atoms with E-state index in [1.807, 2.05) is 16.7 Å². The molecule has 1 aliphatic carbocycles. The van der Waals surface area contributed by atoms with E-state index in [-0.39, 0.29) is 25.1 Å². The number of nitrogens with zero attached hydrogens (tertiary/aromatic N) is 4. The molecule has 1 saturated carbocycles. The molecule has 34 heavy (non-hydrogen) atoms. The third-order valence-corrected chi connectivity index (χ3v) is 6.21. The average molecular weight is 457 g/mol. The summed E-state index contributed by atoms with van der Waals surface area (Å²) in [5, 5.41) is 0. The van der Waals surface area contributed by atoms with E-state index in [2.05, 4.69) is 15.0 Å². The zero-order valence-electron chi connectivity index (χ0n) is 18.3. The minimum atomic E-state index is -0.433. The van der Waals surface area contributed by atoms with Crippen molar-refractivity contribution in [2.45, 2.75) is 13.0 Å². The molecular formula is C25H23N5O4. The highest BCUT2D eigenvalue weighted by Gasteiger charge is 2.56. The van der Waals surface area contributed by atoms with Crippen LogP contribution in [-0.2, 0) is 16.0 Å². The second-order valence-electron chi connectivity index (χ2n) is 8.47. The fourth-order valence-electron chi connectivity index (χ4n) is 4.18. The molecule has 2 aromatic carbocycles. The van der Waals surface area contributed by atoms with Gasteiger partial charge in [0.2, 0.25) is 0 Å². The van der Waals surface area contributed by atoms with Crippen molar-refractivity contribution < 1.29 is 19.1 Å². The zero-order chi connectivity index (χ0) is 23.5. The number of nitrogen functional groups attached to an aromatic ring is 1. The molecule has 9 heteroatoms. The first kappa shape index (κ1) is 21.6. The lowest BCUT2D eigenvalue weighted by atomic mass is 10.0. The fraction of sp³-hybridized carbons (Fsp3) is 0.240. The molecule has 0 spiro atoms. The average Bonchev–Trinajstić information content (AvgIpc) is 3.40. The van der Waals surface area contributed by atoms with Crippen molar-refractivity contribution in [3.8, 4) is 0 Å². The molecule has 0 aliphatic heterocycles. The Morgan fingerprint density at radius 1 is 0.941 bits per heavy atom. The van der Waals surface area contributed by atoms with Gasteiger partial charge in [-0.1, -0.05) is 36.4 Å². The maximum Gasteiger partial charge on any atom is 0.338 e. The second kappa shape index (κ2) is 8.93. The summed E-state index contributed by atoms with van der Waals surface area (Å²) in [6.45, 7) is 0.855. The number of ether oxygens (including phenoxy) is 2. The van der Waals surface area contributed by atoms with Crippen molar-refractivity contribution in [2.24, 2.45) is 11.3 Å². The van der Waals surface area contributed by atoms with Crippen molar-refractivity contribution in [1.82, 2.24) is 19.5 Å². The van der Waals surface area contributed by atoms with Crippen LogP contribution in [0.5, 0.6) is 0 Å². The Morgan fingerprint density at radius 2 is 1.59 bits per heavy atom. The van der Waals surface area contributed by atoms with E-state index in [1.54, 1.807) is 54.9 Å². The third-order valence-electron chi connectivity index (χ3n) is 6.21. The van der Waals surface area contributed by atoms with Crippen molar-refractivity contribution in [1.29, 1.82) is 0 Å². The quantitative estimate of drug-likeness (QED) is 0.401. The molecule has 0 saturated heterocycles. The molecule has 5 rings (SSSR count). The van der Waals surface area contributed by atoms with E-state index >= 15 is 0 Å². The van der Waals surface area contributed by atoms with E-state index < -0.39 is 11.4 Å². The van der Waals surface area contributed by atoms with E-state index in [0.29, 0.717) is 41.1 Å². The third kappa shape index (κ3) is 4.32. The van der Waals surface area contributed by atoms with E-state index in [9.17, 15) is 9.59 Å². The Hall–Kier alpha value is -4.27. The van der Waals surface area contributed by atoms with Crippen LogP contribution in [0.4, 0.5) is 5.82 Å². The van der Waals surface area contributed by atoms with E-state index in [0.717, 1.165) is 0 Å². The summed E-state index contributed by atoms with van der Waals surface area (Å²) in [5.74, 6) is -0.447. The maximum atomic E-state index is 12.6. The van der Waals surface area contributed by atoms with Crippen LogP contribution in [0.25, 0.3) is 11.2 Å². The summed E-state index contributed by atoms with van der Waals surface area (Å²) < 4.78 is 13.1. The van der Waals surface area contributed by atoms with Crippen molar-refractivity contribution in [2.75, 3.05) is 18.9 Å². The van der Waals surface area contributed by atoms with Crippen LogP contribution in [0.1, 0.15) is 27.1 Å². The Bertz CT molecular complexity index is 1330. The largest absolute Gasteiger partial charge is 0.462 e. The summed E-state index contributed by atoms with van der Waals surface area (Å²) in [4.78, 5) is 37.5. The number of esters is 2. The van der Waals surface area contributed by atoms with Gasteiger partial charge in [-0.05, 0) is 30.7 Å². The van der Waals surface area contributed by atoms with E-state index in [1.165, 1.54) is 6.33 Å². The molecule has 2 atom stereocenters. The summed E-state index contributed by atoms with van der Waals surface area (Å²) in [5.41, 5.74) is 7.74. The molecule has 9 nitrogen and oxygen atoms in total. The molecule has 1 aliphatic rings. The first-order valence-corrected chi connectivity index (χ1v) is 10.9. The van der Waals surface area contributed by atoms with Gasteiger partial charge in [0.1, 0.15) is 11.8 Å². The lowest BCUT2D eigenvalue weighted by Gasteiger charge is -2.19. The summed E-state index contributed by atoms with van der Waals surface area (Å²) in [7, 11) is 0. The highest BCUT2D eigenvalue weighted by Crippen LogP contribution is 2.54. The van der Waals surface area contributed by atoms with Gasteiger partial charge in [-0.2, -0.15) is 0 Å². The predicted octanol–water partition coefficient (Wildman–Crippen LogP) is 3.13. The molecule has 2 unspecified atom stereocenters. The highest BCUT2D eigenvalue weighted by atomic mass is 16.5. The van der Waals surface area contributed by atoms with Crippen LogP contribution >= 0.6 is 0 Å². The Kier molecular flexibility index (Phi) is 5.67. The number of imidazole rings is 1. The van der Waals surface area contributed by atoms with Crippen LogP contribution in [0.2, 0.25) is 0 Å². The van der Waals surface area contributed by atoms with Gasteiger partial charge in [-0.15, -0.1) is 0 Å².